The maximum absolute atomic E-state index is 14.0. The van der Waals surface area contributed by atoms with E-state index < -0.39 is 24.1 Å². The lowest BCUT2D eigenvalue weighted by Gasteiger charge is -2.30. The van der Waals surface area contributed by atoms with Crippen molar-refractivity contribution in [3.05, 3.63) is 138 Å². The molecule has 0 radical (unpaired) electrons. The topological polar surface area (TPSA) is 118 Å². The molecule has 244 valence electrons. The smallest absolute Gasteiger partial charge is 0.407 e. The predicted molar refractivity (Wildman–Crippen MR) is 182 cm³/mol. The van der Waals surface area contributed by atoms with Crippen LogP contribution in [0.4, 0.5) is 10.5 Å². The van der Waals surface area contributed by atoms with E-state index in [4.69, 9.17) is 9.47 Å². The number of hydrogen-bond acceptors (Lipinski definition) is 6. The maximum atomic E-state index is 14.0. The van der Waals surface area contributed by atoms with E-state index in [1.165, 1.54) is 12.7 Å². The van der Waals surface area contributed by atoms with E-state index in [-0.39, 0.29) is 17.9 Å². The fourth-order valence-corrected chi connectivity index (χ4v) is 5.85. The second-order valence-electron chi connectivity index (χ2n) is 11.5. The first-order chi connectivity index (χ1) is 23.0. The van der Waals surface area contributed by atoms with Crippen molar-refractivity contribution in [1.82, 2.24) is 16.0 Å². The van der Waals surface area contributed by atoms with Crippen molar-refractivity contribution >= 4 is 23.6 Å². The van der Waals surface area contributed by atoms with Gasteiger partial charge >= 0.3 is 6.09 Å². The standard InChI is InChI=1S/C38H42N4O5/c1-46-38(45)42-35(34(29-16-7-3-8-17-29)30-18-9-4-10-19-30)37(44)41-32-20-12-11-15-28(32)21-22-31-25-40-33(26-47-31)36(43)39-24-23-27-13-5-2-6-14-27/h2-20,31,33-35,40H,21-26H2,1H3,(H,39,43)(H,41,44)(H,42,45)/t31-,33+,35+/m1/s1. The number of amides is 3. The molecule has 4 N–H and O–H groups in total. The summed E-state index contributed by atoms with van der Waals surface area (Å²) in [7, 11) is 1.28. The number of methoxy groups -OCH3 is 1. The molecule has 5 rings (SSSR count). The van der Waals surface area contributed by atoms with Gasteiger partial charge in [-0.3, -0.25) is 9.59 Å². The molecule has 1 saturated heterocycles. The molecular formula is C38H42N4O5. The lowest BCUT2D eigenvalue weighted by atomic mass is 9.84. The highest BCUT2D eigenvalue weighted by Gasteiger charge is 2.33. The molecular weight excluding hydrogens is 592 g/mol. The van der Waals surface area contributed by atoms with Crippen LogP contribution in [0.5, 0.6) is 0 Å². The molecule has 9 nitrogen and oxygen atoms in total. The molecule has 3 atom stereocenters. The Kier molecular flexibility index (Phi) is 12.1. The zero-order valence-corrected chi connectivity index (χ0v) is 26.6. The monoisotopic (exact) mass is 634 g/mol. The molecule has 0 spiro atoms. The first kappa shape index (κ1) is 33.4. The minimum atomic E-state index is -0.957. The maximum Gasteiger partial charge on any atom is 0.407 e. The highest BCUT2D eigenvalue weighted by Crippen LogP contribution is 2.30. The molecule has 0 saturated carbocycles. The number of nitrogens with one attached hydrogen (secondary N) is 4. The third-order valence-electron chi connectivity index (χ3n) is 8.37. The molecule has 0 bridgehead atoms. The van der Waals surface area contributed by atoms with Gasteiger partial charge in [-0.05, 0) is 47.6 Å². The lowest BCUT2D eigenvalue weighted by molar-refractivity contribution is -0.127. The Balaban J connectivity index is 1.20. The van der Waals surface area contributed by atoms with Gasteiger partial charge in [0.2, 0.25) is 11.8 Å². The van der Waals surface area contributed by atoms with Gasteiger partial charge in [0.25, 0.3) is 0 Å². The normalized spacial score (nSPS) is 16.6. The third kappa shape index (κ3) is 9.51. The number of alkyl carbamates (subject to hydrolysis) is 1. The summed E-state index contributed by atoms with van der Waals surface area (Å²) in [5, 5.41) is 12.2. The SMILES string of the molecule is COC(=O)N[C@H](C(=O)Nc1ccccc1CC[C@@H]1CN[C@H](C(=O)NCCc2ccccc2)CO1)C(c1ccccc1)c1ccccc1. The van der Waals surface area contributed by atoms with E-state index in [0.717, 1.165) is 23.1 Å². The Morgan fingerprint density at radius 2 is 1.45 bits per heavy atom. The number of carbonyl (C=O) groups is 3. The van der Waals surface area contributed by atoms with Gasteiger partial charge < -0.3 is 30.7 Å². The zero-order valence-electron chi connectivity index (χ0n) is 26.6. The van der Waals surface area contributed by atoms with Crippen LogP contribution < -0.4 is 21.3 Å². The van der Waals surface area contributed by atoms with Gasteiger partial charge in [0.15, 0.2) is 0 Å². The van der Waals surface area contributed by atoms with Crippen molar-refractivity contribution < 1.29 is 23.9 Å². The molecule has 9 heteroatoms. The summed E-state index contributed by atoms with van der Waals surface area (Å²) in [6, 6.07) is 35.6. The van der Waals surface area contributed by atoms with E-state index >= 15 is 0 Å². The Morgan fingerprint density at radius 1 is 0.830 bits per heavy atom. The van der Waals surface area contributed by atoms with Crippen LogP contribution >= 0.6 is 0 Å². The Morgan fingerprint density at radius 3 is 2.06 bits per heavy atom. The summed E-state index contributed by atoms with van der Waals surface area (Å²) in [5.41, 5.74) is 4.55. The molecule has 0 unspecified atom stereocenters. The van der Waals surface area contributed by atoms with Gasteiger partial charge in [-0.25, -0.2) is 4.79 Å². The molecule has 47 heavy (non-hydrogen) atoms. The van der Waals surface area contributed by atoms with Gasteiger partial charge in [0.05, 0.1) is 19.8 Å². The van der Waals surface area contributed by atoms with E-state index in [2.05, 4.69) is 21.3 Å². The number of morpholine rings is 1. The van der Waals surface area contributed by atoms with Crippen LogP contribution in [0.3, 0.4) is 0 Å². The summed E-state index contributed by atoms with van der Waals surface area (Å²) in [5.74, 6) is -0.891. The zero-order chi connectivity index (χ0) is 32.8. The van der Waals surface area contributed by atoms with Gasteiger partial charge in [0.1, 0.15) is 12.1 Å². The fourth-order valence-electron chi connectivity index (χ4n) is 5.85. The van der Waals surface area contributed by atoms with Crippen molar-refractivity contribution in [2.45, 2.75) is 43.4 Å². The van der Waals surface area contributed by atoms with E-state index in [1.807, 2.05) is 115 Å². The van der Waals surface area contributed by atoms with Crippen molar-refractivity contribution in [1.29, 1.82) is 0 Å². The van der Waals surface area contributed by atoms with Crippen molar-refractivity contribution in [3.8, 4) is 0 Å². The van der Waals surface area contributed by atoms with Crippen molar-refractivity contribution in [2.75, 3.05) is 32.1 Å². The van der Waals surface area contributed by atoms with Gasteiger partial charge in [-0.2, -0.15) is 0 Å². The molecule has 1 fully saturated rings. The van der Waals surface area contributed by atoms with Crippen LogP contribution in [-0.2, 0) is 31.9 Å². The number of hydrogen-bond donors (Lipinski definition) is 4. The first-order valence-electron chi connectivity index (χ1n) is 16.0. The quantitative estimate of drug-likeness (QED) is 0.167. The molecule has 0 aliphatic carbocycles. The molecule has 0 aromatic heterocycles. The third-order valence-corrected chi connectivity index (χ3v) is 8.37. The second kappa shape index (κ2) is 17.1. The molecule has 4 aromatic carbocycles. The van der Waals surface area contributed by atoms with Crippen LogP contribution in [-0.4, -0.2) is 62.9 Å². The highest BCUT2D eigenvalue weighted by molar-refractivity contribution is 5.98. The summed E-state index contributed by atoms with van der Waals surface area (Å²) >= 11 is 0. The molecule has 3 amide bonds. The van der Waals surface area contributed by atoms with Crippen LogP contribution in [0.2, 0.25) is 0 Å². The molecule has 1 aliphatic heterocycles. The van der Waals surface area contributed by atoms with Gasteiger partial charge in [0, 0.05) is 24.7 Å². The lowest BCUT2D eigenvalue weighted by Crippen LogP contribution is -2.54. The summed E-state index contributed by atoms with van der Waals surface area (Å²) < 4.78 is 11.0. The average Bonchev–Trinajstić information content (AvgIpc) is 3.12. The van der Waals surface area contributed by atoms with Crippen LogP contribution in [0.1, 0.15) is 34.6 Å². The summed E-state index contributed by atoms with van der Waals surface area (Å²) in [6.45, 7) is 1.41. The van der Waals surface area contributed by atoms with E-state index in [0.29, 0.717) is 38.2 Å². The fraction of sp³-hybridized carbons (Fsp3) is 0.289. The number of ether oxygens (including phenoxy) is 2. The number of aryl methyl sites for hydroxylation is 1. The largest absolute Gasteiger partial charge is 0.453 e. The van der Waals surface area contributed by atoms with Crippen LogP contribution in [0.15, 0.2) is 115 Å². The van der Waals surface area contributed by atoms with Crippen LogP contribution in [0.25, 0.3) is 0 Å². The van der Waals surface area contributed by atoms with E-state index in [9.17, 15) is 14.4 Å². The van der Waals surface area contributed by atoms with E-state index in [1.54, 1.807) is 0 Å². The highest BCUT2D eigenvalue weighted by atomic mass is 16.5. The van der Waals surface area contributed by atoms with Gasteiger partial charge in [-0.15, -0.1) is 0 Å². The van der Waals surface area contributed by atoms with Crippen molar-refractivity contribution in [2.24, 2.45) is 0 Å². The number of carbonyl (C=O) groups excluding carboxylic acids is 3. The Hall–Kier alpha value is -4.99. The number of para-hydroxylation sites is 1. The number of anilines is 1. The minimum absolute atomic E-state index is 0.0631. The first-order valence-corrected chi connectivity index (χ1v) is 16.0. The van der Waals surface area contributed by atoms with Crippen LogP contribution in [0, 0.1) is 0 Å². The summed E-state index contributed by atoms with van der Waals surface area (Å²) in [6.07, 6.45) is 1.34. The average molecular weight is 635 g/mol. The minimum Gasteiger partial charge on any atom is -0.453 e. The molecule has 4 aromatic rings. The number of rotatable bonds is 13. The second-order valence-corrected chi connectivity index (χ2v) is 11.5. The molecule has 1 aliphatic rings. The summed E-state index contributed by atoms with van der Waals surface area (Å²) in [4.78, 5) is 39.2. The molecule has 1 heterocycles. The number of benzene rings is 4. The Bertz CT molecular complexity index is 1540. The van der Waals surface area contributed by atoms with Gasteiger partial charge in [-0.1, -0.05) is 109 Å². The predicted octanol–water partition coefficient (Wildman–Crippen LogP) is 4.83. The Labute approximate surface area is 276 Å². The van der Waals surface area contributed by atoms with Crippen molar-refractivity contribution in [3.63, 3.8) is 0 Å².